The Balaban J connectivity index is 1.62. The molecule has 0 amide bonds. The molecule has 2 aromatic rings. The minimum absolute atomic E-state index is 0.726. The van der Waals surface area contributed by atoms with Crippen LogP contribution >= 0.6 is 11.8 Å². The molecule has 0 atom stereocenters. The van der Waals surface area contributed by atoms with Gasteiger partial charge in [-0.2, -0.15) is 0 Å². The molecule has 1 aliphatic carbocycles. The van der Waals surface area contributed by atoms with Crippen LogP contribution in [0.4, 0.5) is 0 Å². The monoisotopic (exact) mass is 329 g/mol. The topological polar surface area (TPSA) is 38.2 Å². The lowest BCUT2D eigenvalue weighted by atomic mass is 10.2. The minimum atomic E-state index is 0.726. The molecule has 1 aromatic heterocycles. The fourth-order valence-electron chi connectivity index (χ4n) is 3.38. The second-order valence-electron chi connectivity index (χ2n) is 6.37. The first-order chi connectivity index (χ1) is 11.4. The summed E-state index contributed by atoms with van der Waals surface area (Å²) in [5.41, 5.74) is 1.08. The molecule has 1 saturated carbocycles. The Morgan fingerprint density at radius 3 is 2.70 bits per heavy atom. The number of aromatic nitrogens is 2. The molecule has 2 fully saturated rings. The van der Waals surface area contributed by atoms with Crippen LogP contribution in [0, 0.1) is 0 Å². The third-order valence-electron chi connectivity index (χ3n) is 4.66. The number of ether oxygens (including phenoxy) is 1. The summed E-state index contributed by atoms with van der Waals surface area (Å²) < 4.78 is 5.43. The molecule has 4 rings (SSSR count). The summed E-state index contributed by atoms with van der Waals surface area (Å²) in [4.78, 5) is 12.1. The zero-order valence-electron chi connectivity index (χ0n) is 13.4. The van der Waals surface area contributed by atoms with E-state index in [0.717, 1.165) is 49.4 Å². The molecule has 4 nitrogen and oxygen atoms in total. The zero-order valence-corrected chi connectivity index (χ0v) is 14.2. The van der Waals surface area contributed by atoms with Crippen LogP contribution in [0.3, 0.4) is 0 Å². The average molecular weight is 329 g/mol. The van der Waals surface area contributed by atoms with Gasteiger partial charge in [-0.25, -0.2) is 9.97 Å². The van der Waals surface area contributed by atoms with Gasteiger partial charge >= 0.3 is 0 Å². The molecule has 1 aromatic carbocycles. The van der Waals surface area contributed by atoms with Crippen LogP contribution in [0.15, 0.2) is 29.3 Å². The number of rotatable bonds is 4. The van der Waals surface area contributed by atoms with Gasteiger partial charge in [-0.1, -0.05) is 31.0 Å². The molecule has 0 radical (unpaired) electrons. The van der Waals surface area contributed by atoms with Gasteiger partial charge in [-0.05, 0) is 18.9 Å². The molecule has 2 aliphatic rings. The average Bonchev–Trinajstić information content (AvgIpc) is 3.09. The lowest BCUT2D eigenvalue weighted by Gasteiger charge is -2.26. The van der Waals surface area contributed by atoms with Crippen molar-refractivity contribution in [2.24, 2.45) is 0 Å². The van der Waals surface area contributed by atoms with Gasteiger partial charge in [0.1, 0.15) is 10.9 Å². The van der Waals surface area contributed by atoms with E-state index in [9.17, 15) is 0 Å². The van der Waals surface area contributed by atoms with Crippen LogP contribution in [0.1, 0.15) is 31.5 Å². The SMILES string of the molecule is c1ccc2c(SC3CCCC3)nc(CN3CCOCC3)nc2c1. The van der Waals surface area contributed by atoms with Crippen molar-refractivity contribution >= 4 is 22.7 Å². The number of para-hydroxylation sites is 1. The Labute approximate surface area is 141 Å². The highest BCUT2D eigenvalue weighted by Crippen LogP contribution is 2.36. The van der Waals surface area contributed by atoms with Crippen molar-refractivity contribution in [1.29, 1.82) is 0 Å². The first-order valence-corrected chi connectivity index (χ1v) is 9.49. The van der Waals surface area contributed by atoms with Gasteiger partial charge in [0, 0.05) is 23.7 Å². The van der Waals surface area contributed by atoms with Crippen molar-refractivity contribution in [2.75, 3.05) is 26.3 Å². The maximum absolute atomic E-state index is 5.43. The maximum Gasteiger partial charge on any atom is 0.144 e. The van der Waals surface area contributed by atoms with Crippen LogP contribution in [0.25, 0.3) is 10.9 Å². The summed E-state index contributed by atoms with van der Waals surface area (Å²) >= 11 is 1.96. The van der Waals surface area contributed by atoms with E-state index >= 15 is 0 Å². The van der Waals surface area contributed by atoms with Crippen LogP contribution in [0.5, 0.6) is 0 Å². The summed E-state index contributed by atoms with van der Waals surface area (Å²) in [6.07, 6.45) is 5.37. The maximum atomic E-state index is 5.43. The Bertz CT molecular complexity index is 666. The molecule has 0 spiro atoms. The molecule has 23 heavy (non-hydrogen) atoms. The van der Waals surface area contributed by atoms with E-state index in [1.54, 1.807) is 0 Å². The zero-order chi connectivity index (χ0) is 15.5. The Morgan fingerprint density at radius 2 is 1.87 bits per heavy atom. The highest BCUT2D eigenvalue weighted by atomic mass is 32.2. The van der Waals surface area contributed by atoms with Crippen molar-refractivity contribution < 1.29 is 4.74 Å². The third kappa shape index (κ3) is 3.67. The normalized spacial score (nSPS) is 20.3. The minimum Gasteiger partial charge on any atom is -0.379 e. The summed E-state index contributed by atoms with van der Waals surface area (Å²) in [5.74, 6) is 0.950. The fourth-order valence-corrected chi connectivity index (χ4v) is 4.72. The standard InChI is InChI=1S/C18H23N3OS/c1-2-6-14(5-1)23-18-15-7-3-4-8-16(15)19-17(20-18)13-21-9-11-22-12-10-21/h3-4,7-8,14H,1-2,5-6,9-13H2. The molecule has 1 aliphatic heterocycles. The number of benzene rings is 1. The van der Waals surface area contributed by atoms with Crippen molar-refractivity contribution in [3.8, 4) is 0 Å². The lowest BCUT2D eigenvalue weighted by Crippen LogP contribution is -2.36. The first kappa shape index (κ1) is 15.4. The van der Waals surface area contributed by atoms with Gasteiger partial charge in [0.05, 0.1) is 25.3 Å². The third-order valence-corrected chi connectivity index (χ3v) is 6.00. The largest absolute Gasteiger partial charge is 0.379 e. The number of hydrogen-bond donors (Lipinski definition) is 0. The van der Waals surface area contributed by atoms with E-state index in [2.05, 4.69) is 29.2 Å². The van der Waals surface area contributed by atoms with Crippen LogP contribution in [0.2, 0.25) is 0 Å². The van der Waals surface area contributed by atoms with Gasteiger partial charge in [0.25, 0.3) is 0 Å². The van der Waals surface area contributed by atoms with Crippen molar-refractivity contribution in [1.82, 2.24) is 14.9 Å². The molecule has 2 heterocycles. The number of hydrogen-bond acceptors (Lipinski definition) is 5. The summed E-state index contributed by atoms with van der Waals surface area (Å²) in [6, 6.07) is 8.42. The Hall–Kier alpha value is -1.17. The van der Waals surface area contributed by atoms with Gasteiger partial charge in [-0.15, -0.1) is 11.8 Å². The van der Waals surface area contributed by atoms with Crippen molar-refractivity contribution in [3.63, 3.8) is 0 Å². The Morgan fingerprint density at radius 1 is 1.09 bits per heavy atom. The molecule has 0 N–H and O–H groups in total. The molecule has 0 bridgehead atoms. The van der Waals surface area contributed by atoms with Crippen LogP contribution in [-0.2, 0) is 11.3 Å². The first-order valence-electron chi connectivity index (χ1n) is 8.61. The molecule has 1 saturated heterocycles. The Kier molecular flexibility index (Phi) is 4.78. The van der Waals surface area contributed by atoms with E-state index < -0.39 is 0 Å². The van der Waals surface area contributed by atoms with Gasteiger partial charge in [-0.3, -0.25) is 4.90 Å². The van der Waals surface area contributed by atoms with Crippen LogP contribution in [-0.4, -0.2) is 46.4 Å². The summed E-state index contributed by atoms with van der Waals surface area (Å²) in [7, 11) is 0. The number of nitrogens with zero attached hydrogens (tertiary/aromatic N) is 3. The molecule has 122 valence electrons. The molecule has 5 heteroatoms. The van der Waals surface area contributed by atoms with E-state index in [1.165, 1.54) is 36.1 Å². The van der Waals surface area contributed by atoms with E-state index in [4.69, 9.17) is 14.7 Å². The molecular weight excluding hydrogens is 306 g/mol. The van der Waals surface area contributed by atoms with Gasteiger partial charge in [0.15, 0.2) is 0 Å². The quantitative estimate of drug-likeness (QED) is 0.803. The fraction of sp³-hybridized carbons (Fsp3) is 0.556. The molecule has 0 unspecified atom stereocenters. The highest BCUT2D eigenvalue weighted by Gasteiger charge is 2.20. The van der Waals surface area contributed by atoms with Crippen molar-refractivity contribution in [3.05, 3.63) is 30.1 Å². The van der Waals surface area contributed by atoms with Crippen molar-refractivity contribution in [2.45, 2.75) is 42.5 Å². The predicted octanol–water partition coefficient (Wildman–Crippen LogP) is 3.50. The summed E-state index contributed by atoms with van der Waals surface area (Å²) in [5, 5.41) is 3.10. The predicted molar refractivity (Wildman–Crippen MR) is 93.7 cm³/mol. The number of morpholine rings is 1. The van der Waals surface area contributed by atoms with E-state index in [1.807, 2.05) is 11.8 Å². The van der Waals surface area contributed by atoms with E-state index in [0.29, 0.717) is 0 Å². The van der Waals surface area contributed by atoms with E-state index in [-0.39, 0.29) is 0 Å². The highest BCUT2D eigenvalue weighted by molar-refractivity contribution is 8.00. The number of thioether (sulfide) groups is 1. The second kappa shape index (κ2) is 7.16. The summed E-state index contributed by atoms with van der Waals surface area (Å²) in [6.45, 7) is 4.41. The second-order valence-corrected chi connectivity index (χ2v) is 7.66. The molecular formula is C18H23N3OS. The number of fused-ring (bicyclic) bond motifs is 1. The van der Waals surface area contributed by atoms with Gasteiger partial charge in [0.2, 0.25) is 0 Å². The lowest BCUT2D eigenvalue weighted by molar-refractivity contribution is 0.0330. The van der Waals surface area contributed by atoms with Crippen LogP contribution < -0.4 is 0 Å². The van der Waals surface area contributed by atoms with Gasteiger partial charge < -0.3 is 4.74 Å². The smallest absolute Gasteiger partial charge is 0.144 e.